The Morgan fingerprint density at radius 1 is 1.39 bits per heavy atom. The van der Waals surface area contributed by atoms with Crippen molar-refractivity contribution in [3.63, 3.8) is 0 Å². The van der Waals surface area contributed by atoms with Crippen LogP contribution in [0.1, 0.15) is 20.3 Å². The Balaban J connectivity index is 2.33. The molecule has 18 heavy (non-hydrogen) atoms. The van der Waals surface area contributed by atoms with Crippen molar-refractivity contribution >= 4 is 17.3 Å². The SMILES string of the molecule is CC(C)CCn1nnnc1-c1cc(N)ccc1Cl. The van der Waals surface area contributed by atoms with E-state index >= 15 is 0 Å². The number of nitrogen functional groups attached to an aromatic ring is 1. The molecule has 1 heterocycles. The molecule has 0 amide bonds. The van der Waals surface area contributed by atoms with Gasteiger partial charge in [0.05, 0.1) is 5.02 Å². The lowest BCUT2D eigenvalue weighted by atomic mass is 10.1. The number of tetrazole rings is 1. The number of nitrogens with two attached hydrogens (primary N) is 1. The zero-order chi connectivity index (χ0) is 13.1. The molecule has 1 aromatic heterocycles. The van der Waals surface area contributed by atoms with Crippen LogP contribution in [-0.4, -0.2) is 20.2 Å². The summed E-state index contributed by atoms with van der Waals surface area (Å²) < 4.78 is 1.76. The second-order valence-electron chi connectivity index (χ2n) is 4.65. The van der Waals surface area contributed by atoms with E-state index in [0.717, 1.165) is 18.5 Å². The highest BCUT2D eigenvalue weighted by Crippen LogP contribution is 2.27. The van der Waals surface area contributed by atoms with Gasteiger partial charge in [0, 0.05) is 17.8 Å². The van der Waals surface area contributed by atoms with Gasteiger partial charge in [-0.1, -0.05) is 25.4 Å². The van der Waals surface area contributed by atoms with Gasteiger partial charge in [0.15, 0.2) is 5.82 Å². The van der Waals surface area contributed by atoms with Gasteiger partial charge in [-0.05, 0) is 41.0 Å². The molecule has 0 aliphatic carbocycles. The highest BCUT2D eigenvalue weighted by molar-refractivity contribution is 6.33. The Kier molecular flexibility index (Phi) is 3.81. The van der Waals surface area contributed by atoms with Crippen LogP contribution in [0.15, 0.2) is 18.2 Å². The summed E-state index contributed by atoms with van der Waals surface area (Å²) in [5, 5.41) is 12.3. The molecule has 96 valence electrons. The number of benzene rings is 1. The van der Waals surface area contributed by atoms with Crippen molar-refractivity contribution in [2.24, 2.45) is 5.92 Å². The van der Waals surface area contributed by atoms with Gasteiger partial charge < -0.3 is 5.73 Å². The molecule has 2 aromatic rings. The molecule has 0 unspecified atom stereocenters. The van der Waals surface area contributed by atoms with Crippen molar-refractivity contribution < 1.29 is 0 Å². The summed E-state index contributed by atoms with van der Waals surface area (Å²) in [6, 6.07) is 5.31. The third-order valence-electron chi connectivity index (χ3n) is 2.68. The first-order valence-electron chi connectivity index (χ1n) is 5.89. The Hall–Kier alpha value is -1.62. The summed E-state index contributed by atoms with van der Waals surface area (Å²) in [5.74, 6) is 1.26. The third kappa shape index (κ3) is 2.79. The number of anilines is 1. The highest BCUT2D eigenvalue weighted by Gasteiger charge is 2.13. The summed E-state index contributed by atoms with van der Waals surface area (Å²) in [4.78, 5) is 0. The van der Waals surface area contributed by atoms with Crippen LogP contribution in [0.5, 0.6) is 0 Å². The highest BCUT2D eigenvalue weighted by atomic mass is 35.5. The van der Waals surface area contributed by atoms with Crippen LogP contribution in [0, 0.1) is 5.92 Å². The summed E-state index contributed by atoms with van der Waals surface area (Å²) in [5.41, 5.74) is 7.18. The number of hydrogen-bond acceptors (Lipinski definition) is 4. The Labute approximate surface area is 111 Å². The first kappa shape index (κ1) is 12.8. The molecule has 0 saturated carbocycles. The van der Waals surface area contributed by atoms with Gasteiger partial charge in [-0.15, -0.1) is 5.10 Å². The molecule has 0 atom stereocenters. The summed E-state index contributed by atoms with van der Waals surface area (Å²) in [6.07, 6.45) is 1.01. The fraction of sp³-hybridized carbons (Fsp3) is 0.417. The molecule has 1 aromatic carbocycles. The number of halogens is 1. The van der Waals surface area contributed by atoms with Crippen molar-refractivity contribution in [3.05, 3.63) is 23.2 Å². The lowest BCUT2D eigenvalue weighted by Crippen LogP contribution is -2.06. The number of nitrogens with zero attached hydrogens (tertiary/aromatic N) is 4. The number of aryl methyl sites for hydroxylation is 1. The van der Waals surface area contributed by atoms with Crippen molar-refractivity contribution in [1.29, 1.82) is 0 Å². The summed E-state index contributed by atoms with van der Waals surface area (Å²) >= 11 is 6.16. The summed E-state index contributed by atoms with van der Waals surface area (Å²) in [6.45, 7) is 5.10. The summed E-state index contributed by atoms with van der Waals surface area (Å²) in [7, 11) is 0. The van der Waals surface area contributed by atoms with Crippen LogP contribution in [0.4, 0.5) is 5.69 Å². The first-order chi connectivity index (χ1) is 8.58. The molecule has 0 spiro atoms. The van der Waals surface area contributed by atoms with E-state index in [1.807, 2.05) is 0 Å². The van der Waals surface area contributed by atoms with Crippen molar-refractivity contribution in [2.75, 3.05) is 5.73 Å². The van der Waals surface area contributed by atoms with E-state index in [4.69, 9.17) is 17.3 Å². The van der Waals surface area contributed by atoms with Crippen LogP contribution in [0.3, 0.4) is 0 Å². The topological polar surface area (TPSA) is 69.6 Å². The van der Waals surface area contributed by atoms with Gasteiger partial charge in [0.25, 0.3) is 0 Å². The standard InChI is InChI=1S/C12H16ClN5/c1-8(2)5-6-18-12(15-16-17-18)10-7-9(14)3-4-11(10)13/h3-4,7-8H,5-6,14H2,1-2H3. The van der Waals surface area contributed by atoms with Gasteiger partial charge in [-0.2, -0.15) is 0 Å². The van der Waals surface area contributed by atoms with Gasteiger partial charge in [0.1, 0.15) is 0 Å². The van der Waals surface area contributed by atoms with Crippen LogP contribution < -0.4 is 5.73 Å². The molecular weight excluding hydrogens is 250 g/mol. The van der Waals surface area contributed by atoms with Crippen LogP contribution in [0.25, 0.3) is 11.4 Å². The number of hydrogen-bond donors (Lipinski definition) is 1. The van der Waals surface area contributed by atoms with E-state index in [-0.39, 0.29) is 0 Å². The molecule has 0 saturated heterocycles. The second kappa shape index (κ2) is 5.35. The van der Waals surface area contributed by atoms with Crippen molar-refractivity contribution in [3.8, 4) is 11.4 Å². The van der Waals surface area contributed by atoms with E-state index in [1.54, 1.807) is 22.9 Å². The lowest BCUT2D eigenvalue weighted by molar-refractivity contribution is 0.481. The van der Waals surface area contributed by atoms with Crippen molar-refractivity contribution in [1.82, 2.24) is 20.2 Å². The third-order valence-corrected chi connectivity index (χ3v) is 3.01. The normalized spacial score (nSPS) is 11.1. The molecule has 0 aliphatic heterocycles. The molecule has 5 nitrogen and oxygen atoms in total. The maximum absolute atomic E-state index is 6.16. The number of aromatic nitrogens is 4. The van der Waals surface area contributed by atoms with E-state index in [9.17, 15) is 0 Å². The predicted molar refractivity (Wildman–Crippen MR) is 72.1 cm³/mol. The Bertz CT molecular complexity index is 535. The largest absolute Gasteiger partial charge is 0.399 e. The van der Waals surface area contributed by atoms with Gasteiger partial charge in [-0.25, -0.2) is 4.68 Å². The minimum Gasteiger partial charge on any atom is -0.399 e. The molecule has 0 aliphatic rings. The number of rotatable bonds is 4. The van der Waals surface area contributed by atoms with E-state index in [1.165, 1.54) is 0 Å². The maximum Gasteiger partial charge on any atom is 0.183 e. The van der Waals surface area contributed by atoms with E-state index in [2.05, 4.69) is 29.4 Å². The van der Waals surface area contributed by atoms with Gasteiger partial charge >= 0.3 is 0 Å². The first-order valence-corrected chi connectivity index (χ1v) is 6.27. The van der Waals surface area contributed by atoms with Crippen molar-refractivity contribution in [2.45, 2.75) is 26.8 Å². The molecular formula is C12H16ClN5. The fourth-order valence-corrected chi connectivity index (χ4v) is 1.84. The monoisotopic (exact) mass is 265 g/mol. The maximum atomic E-state index is 6.16. The van der Waals surface area contributed by atoms with E-state index in [0.29, 0.717) is 22.5 Å². The van der Waals surface area contributed by atoms with Crippen LogP contribution in [-0.2, 0) is 6.54 Å². The average Bonchev–Trinajstić information content (AvgIpc) is 2.77. The zero-order valence-electron chi connectivity index (χ0n) is 10.5. The smallest absolute Gasteiger partial charge is 0.183 e. The zero-order valence-corrected chi connectivity index (χ0v) is 11.2. The van der Waals surface area contributed by atoms with Gasteiger partial charge in [-0.3, -0.25) is 0 Å². The van der Waals surface area contributed by atoms with Gasteiger partial charge in [0.2, 0.25) is 0 Å². The average molecular weight is 266 g/mol. The molecule has 0 fully saturated rings. The lowest BCUT2D eigenvalue weighted by Gasteiger charge is -2.08. The van der Waals surface area contributed by atoms with E-state index < -0.39 is 0 Å². The Morgan fingerprint density at radius 3 is 2.89 bits per heavy atom. The molecule has 2 N–H and O–H groups in total. The second-order valence-corrected chi connectivity index (χ2v) is 5.05. The molecule has 2 rings (SSSR count). The van der Waals surface area contributed by atoms with Crippen LogP contribution >= 0.6 is 11.6 Å². The minimum atomic E-state index is 0.596. The van der Waals surface area contributed by atoms with Crippen LogP contribution in [0.2, 0.25) is 5.02 Å². The predicted octanol–water partition coefficient (Wildman–Crippen LogP) is 2.62. The molecule has 6 heteroatoms. The quantitative estimate of drug-likeness (QED) is 0.863. The Morgan fingerprint density at radius 2 is 2.17 bits per heavy atom. The minimum absolute atomic E-state index is 0.596. The molecule has 0 bridgehead atoms. The fourth-order valence-electron chi connectivity index (χ4n) is 1.64. The molecule has 0 radical (unpaired) electrons.